The molecule has 20 heavy (non-hydrogen) atoms. The highest BCUT2D eigenvalue weighted by molar-refractivity contribution is 5.57. The Balaban J connectivity index is 1.54. The van der Waals surface area contributed by atoms with Gasteiger partial charge in [-0.1, -0.05) is 0 Å². The van der Waals surface area contributed by atoms with Gasteiger partial charge in [-0.05, 0) is 56.8 Å². The van der Waals surface area contributed by atoms with Gasteiger partial charge in [0, 0.05) is 18.0 Å². The molecule has 0 bridgehead atoms. The van der Waals surface area contributed by atoms with Crippen molar-refractivity contribution in [3.63, 3.8) is 0 Å². The van der Waals surface area contributed by atoms with Crippen molar-refractivity contribution in [1.82, 2.24) is 9.97 Å². The standard InChI is InChI=1S/C15H23N5/c1-9-12(17-8-15(6-7-15)11-4-5-11)18-14(10-2-3-10)19-13(9)20-16/h10-11H,2-8,16H2,1H3,(H2,17,18,19,20). The Kier molecular flexibility index (Phi) is 2.67. The van der Waals surface area contributed by atoms with Crippen LogP contribution in [0.5, 0.6) is 0 Å². The Hall–Kier alpha value is -1.36. The lowest BCUT2D eigenvalue weighted by molar-refractivity contribution is 0.466. The first-order valence-corrected chi connectivity index (χ1v) is 7.81. The van der Waals surface area contributed by atoms with Gasteiger partial charge in [0.15, 0.2) is 0 Å². The molecule has 0 saturated heterocycles. The molecule has 0 amide bonds. The van der Waals surface area contributed by atoms with E-state index in [0.717, 1.165) is 35.5 Å². The third-order valence-corrected chi connectivity index (χ3v) is 5.19. The van der Waals surface area contributed by atoms with Crippen molar-refractivity contribution < 1.29 is 0 Å². The number of hydrazine groups is 1. The molecule has 1 aromatic rings. The van der Waals surface area contributed by atoms with Crippen LogP contribution in [0.25, 0.3) is 0 Å². The summed E-state index contributed by atoms with van der Waals surface area (Å²) in [4.78, 5) is 9.27. The number of nitrogens with one attached hydrogen (secondary N) is 2. The van der Waals surface area contributed by atoms with Crippen LogP contribution in [-0.2, 0) is 0 Å². The van der Waals surface area contributed by atoms with Crippen LogP contribution in [0.3, 0.4) is 0 Å². The highest BCUT2D eigenvalue weighted by Crippen LogP contribution is 2.61. The molecule has 3 aliphatic carbocycles. The van der Waals surface area contributed by atoms with E-state index in [2.05, 4.69) is 15.7 Å². The van der Waals surface area contributed by atoms with Gasteiger partial charge in [0.05, 0.1) is 0 Å². The summed E-state index contributed by atoms with van der Waals surface area (Å²) >= 11 is 0. The van der Waals surface area contributed by atoms with Gasteiger partial charge in [0.1, 0.15) is 17.5 Å². The summed E-state index contributed by atoms with van der Waals surface area (Å²) in [6, 6.07) is 0. The van der Waals surface area contributed by atoms with Crippen molar-refractivity contribution in [2.24, 2.45) is 17.2 Å². The lowest BCUT2D eigenvalue weighted by atomic mass is 10.0. The summed E-state index contributed by atoms with van der Waals surface area (Å²) < 4.78 is 0. The lowest BCUT2D eigenvalue weighted by Crippen LogP contribution is -2.20. The van der Waals surface area contributed by atoms with Crippen molar-refractivity contribution >= 4 is 11.6 Å². The average molecular weight is 273 g/mol. The Bertz CT molecular complexity index is 529. The molecule has 3 saturated carbocycles. The molecule has 3 aliphatic rings. The molecule has 1 aromatic heterocycles. The molecular weight excluding hydrogens is 250 g/mol. The molecule has 0 unspecified atom stereocenters. The number of aromatic nitrogens is 2. The van der Waals surface area contributed by atoms with Crippen molar-refractivity contribution in [1.29, 1.82) is 0 Å². The maximum Gasteiger partial charge on any atom is 0.148 e. The fourth-order valence-electron chi connectivity index (χ4n) is 3.22. The molecular formula is C15H23N5. The highest BCUT2D eigenvalue weighted by atomic mass is 15.3. The second-order valence-corrected chi connectivity index (χ2v) is 6.81. The topological polar surface area (TPSA) is 75.9 Å². The smallest absolute Gasteiger partial charge is 0.148 e. The molecule has 0 radical (unpaired) electrons. The monoisotopic (exact) mass is 273 g/mol. The zero-order valence-corrected chi connectivity index (χ0v) is 12.1. The Morgan fingerprint density at radius 2 is 1.85 bits per heavy atom. The maximum absolute atomic E-state index is 5.59. The van der Waals surface area contributed by atoms with E-state index >= 15 is 0 Å². The minimum Gasteiger partial charge on any atom is -0.369 e. The molecule has 4 N–H and O–H groups in total. The first-order valence-electron chi connectivity index (χ1n) is 7.81. The van der Waals surface area contributed by atoms with Crippen molar-refractivity contribution in [2.75, 3.05) is 17.3 Å². The Morgan fingerprint density at radius 1 is 1.15 bits per heavy atom. The molecule has 0 atom stereocenters. The third-order valence-electron chi connectivity index (χ3n) is 5.19. The van der Waals surface area contributed by atoms with Gasteiger partial charge >= 0.3 is 0 Å². The Labute approximate surface area is 119 Å². The van der Waals surface area contributed by atoms with Crippen LogP contribution in [0.15, 0.2) is 0 Å². The van der Waals surface area contributed by atoms with E-state index in [-0.39, 0.29) is 0 Å². The summed E-state index contributed by atoms with van der Waals surface area (Å²) in [6.45, 7) is 3.09. The van der Waals surface area contributed by atoms with Gasteiger partial charge in [-0.3, -0.25) is 0 Å². The van der Waals surface area contributed by atoms with Crippen LogP contribution >= 0.6 is 0 Å². The molecule has 1 heterocycles. The van der Waals surface area contributed by atoms with E-state index in [1.54, 1.807) is 0 Å². The third kappa shape index (κ3) is 2.14. The molecule has 0 spiro atoms. The maximum atomic E-state index is 5.59. The second-order valence-electron chi connectivity index (χ2n) is 6.81. The van der Waals surface area contributed by atoms with Crippen LogP contribution < -0.4 is 16.6 Å². The minimum absolute atomic E-state index is 0.543. The minimum atomic E-state index is 0.543. The van der Waals surface area contributed by atoms with E-state index in [9.17, 15) is 0 Å². The number of nitrogens with two attached hydrogens (primary N) is 1. The zero-order chi connectivity index (χ0) is 13.7. The van der Waals surface area contributed by atoms with Crippen molar-refractivity contribution in [3.05, 3.63) is 11.4 Å². The van der Waals surface area contributed by atoms with Gasteiger partial charge in [0.2, 0.25) is 0 Å². The lowest BCUT2D eigenvalue weighted by Gasteiger charge is -2.18. The number of rotatable bonds is 6. The molecule has 5 nitrogen and oxygen atoms in total. The first-order chi connectivity index (χ1) is 9.72. The summed E-state index contributed by atoms with van der Waals surface area (Å²) in [5, 5.41) is 3.59. The molecule has 0 aliphatic heterocycles. The van der Waals surface area contributed by atoms with Gasteiger partial charge in [0.25, 0.3) is 0 Å². The van der Waals surface area contributed by atoms with Gasteiger partial charge in [-0.2, -0.15) is 0 Å². The first kappa shape index (κ1) is 12.4. The van der Waals surface area contributed by atoms with Gasteiger partial charge in [-0.15, -0.1) is 0 Å². The summed E-state index contributed by atoms with van der Waals surface area (Å²) in [7, 11) is 0. The molecule has 4 rings (SSSR count). The highest BCUT2D eigenvalue weighted by Gasteiger charge is 2.53. The predicted molar refractivity (Wildman–Crippen MR) is 79.4 cm³/mol. The van der Waals surface area contributed by atoms with E-state index in [1.165, 1.54) is 38.5 Å². The van der Waals surface area contributed by atoms with E-state index < -0.39 is 0 Å². The van der Waals surface area contributed by atoms with Crippen LogP contribution in [-0.4, -0.2) is 16.5 Å². The van der Waals surface area contributed by atoms with Crippen molar-refractivity contribution in [2.45, 2.75) is 51.4 Å². The van der Waals surface area contributed by atoms with Gasteiger partial charge < -0.3 is 10.7 Å². The summed E-state index contributed by atoms with van der Waals surface area (Å²) in [6.07, 6.45) is 8.02. The van der Waals surface area contributed by atoms with Gasteiger partial charge in [-0.25, -0.2) is 15.8 Å². The van der Waals surface area contributed by atoms with E-state index in [1.807, 2.05) is 6.92 Å². The number of nitrogen functional groups attached to an aromatic ring is 1. The zero-order valence-electron chi connectivity index (χ0n) is 12.1. The molecule has 108 valence electrons. The largest absolute Gasteiger partial charge is 0.369 e. The fraction of sp³-hybridized carbons (Fsp3) is 0.733. The number of anilines is 2. The quantitative estimate of drug-likeness (QED) is 0.548. The number of hydrogen-bond acceptors (Lipinski definition) is 5. The van der Waals surface area contributed by atoms with Crippen molar-refractivity contribution in [3.8, 4) is 0 Å². The predicted octanol–water partition coefficient (Wildman–Crippen LogP) is 2.55. The second kappa shape index (κ2) is 4.32. The summed E-state index contributed by atoms with van der Waals surface area (Å²) in [5.41, 5.74) is 4.32. The average Bonchev–Trinajstić information content (AvgIpc) is 3.28. The summed E-state index contributed by atoms with van der Waals surface area (Å²) in [5.74, 6) is 9.79. The van der Waals surface area contributed by atoms with Crippen LogP contribution in [0, 0.1) is 18.3 Å². The number of hydrogen-bond donors (Lipinski definition) is 3. The molecule has 0 aromatic carbocycles. The Morgan fingerprint density at radius 3 is 2.40 bits per heavy atom. The normalized spacial score (nSPS) is 23.5. The van der Waals surface area contributed by atoms with E-state index in [4.69, 9.17) is 10.8 Å². The SMILES string of the molecule is Cc1c(NN)nc(C2CC2)nc1NCC1(C2CC2)CC1. The molecule has 3 fully saturated rings. The number of nitrogens with zero attached hydrogens (tertiary/aromatic N) is 2. The van der Waals surface area contributed by atoms with Crippen LogP contribution in [0.1, 0.15) is 55.8 Å². The van der Waals surface area contributed by atoms with Crippen LogP contribution in [0.2, 0.25) is 0 Å². The van der Waals surface area contributed by atoms with E-state index in [0.29, 0.717) is 11.3 Å². The fourth-order valence-corrected chi connectivity index (χ4v) is 3.22. The van der Waals surface area contributed by atoms with Crippen LogP contribution in [0.4, 0.5) is 11.6 Å². The molecule has 5 heteroatoms.